The molecule has 0 aliphatic heterocycles. The second-order valence-electron chi connectivity index (χ2n) is 4.89. The van der Waals surface area contributed by atoms with Crippen molar-refractivity contribution in [2.45, 2.75) is 25.0 Å². The summed E-state index contributed by atoms with van der Waals surface area (Å²) >= 11 is 7.22. The van der Waals surface area contributed by atoms with Crippen molar-refractivity contribution in [1.29, 1.82) is 0 Å². The van der Waals surface area contributed by atoms with E-state index in [4.69, 9.17) is 11.6 Å². The van der Waals surface area contributed by atoms with Crippen molar-refractivity contribution < 1.29 is 4.79 Å². The molecule has 0 fully saturated rings. The molecule has 0 saturated heterocycles. The highest BCUT2D eigenvalue weighted by Crippen LogP contribution is 2.20. The Labute approximate surface area is 143 Å². The predicted molar refractivity (Wildman–Crippen MR) is 95.2 cm³/mol. The number of aromatic nitrogens is 2. The molecular formula is C16H18ClN3O2S. The molecule has 0 bridgehead atoms. The van der Waals surface area contributed by atoms with Crippen LogP contribution in [0.1, 0.15) is 13.3 Å². The first kappa shape index (κ1) is 17.6. The maximum Gasteiger partial charge on any atom is 0.262 e. The Hall–Kier alpha value is -1.79. The average Bonchev–Trinajstić information content (AvgIpc) is 2.53. The number of hydrogen-bond acceptors (Lipinski definition) is 4. The number of hydrogen-bond donors (Lipinski definition) is 1. The van der Waals surface area contributed by atoms with Crippen molar-refractivity contribution in [2.75, 3.05) is 12.3 Å². The topological polar surface area (TPSA) is 64.0 Å². The number of fused-ring (bicyclic) bond motifs is 1. The van der Waals surface area contributed by atoms with Crippen molar-refractivity contribution in [3.8, 4) is 0 Å². The summed E-state index contributed by atoms with van der Waals surface area (Å²) in [7, 11) is 0. The van der Waals surface area contributed by atoms with Gasteiger partial charge >= 0.3 is 0 Å². The van der Waals surface area contributed by atoms with Crippen LogP contribution in [0.15, 0.2) is 40.8 Å². The highest BCUT2D eigenvalue weighted by Gasteiger charge is 2.13. The molecule has 0 atom stereocenters. The van der Waals surface area contributed by atoms with E-state index in [0.29, 0.717) is 34.2 Å². The standard InChI is InChI=1S/C16H18ClN3O2S/c1-3-7-18-14(21)10-23-16-19-13-9-11(17)5-6-12(13)15(22)20(16)8-4-2/h3,5-6,9H,1,4,7-8,10H2,2H3,(H,18,21). The molecule has 0 saturated carbocycles. The average molecular weight is 352 g/mol. The Kier molecular flexibility index (Phi) is 6.24. The van der Waals surface area contributed by atoms with Gasteiger partial charge in [0.1, 0.15) is 0 Å². The second kappa shape index (κ2) is 8.17. The van der Waals surface area contributed by atoms with Crippen LogP contribution in [-0.2, 0) is 11.3 Å². The third kappa shape index (κ3) is 4.36. The fourth-order valence-corrected chi connectivity index (χ4v) is 3.09. The molecule has 122 valence electrons. The number of thioether (sulfide) groups is 1. The number of nitrogens with zero attached hydrogens (tertiary/aromatic N) is 2. The van der Waals surface area contributed by atoms with E-state index >= 15 is 0 Å². The largest absolute Gasteiger partial charge is 0.352 e. The number of amides is 1. The van der Waals surface area contributed by atoms with Crippen LogP contribution in [0.4, 0.5) is 0 Å². The van der Waals surface area contributed by atoms with Gasteiger partial charge in [0.05, 0.1) is 16.7 Å². The maximum atomic E-state index is 12.6. The van der Waals surface area contributed by atoms with E-state index < -0.39 is 0 Å². The number of halogens is 1. The Balaban J connectivity index is 2.36. The van der Waals surface area contributed by atoms with E-state index in [9.17, 15) is 9.59 Å². The Bertz CT molecular complexity index is 789. The van der Waals surface area contributed by atoms with Crippen molar-refractivity contribution >= 4 is 40.2 Å². The van der Waals surface area contributed by atoms with Crippen LogP contribution in [0.3, 0.4) is 0 Å². The van der Waals surface area contributed by atoms with Gasteiger partial charge in [0.25, 0.3) is 5.56 Å². The van der Waals surface area contributed by atoms with E-state index in [0.717, 1.165) is 6.42 Å². The van der Waals surface area contributed by atoms with Crippen LogP contribution in [0.5, 0.6) is 0 Å². The molecule has 1 heterocycles. The zero-order valence-electron chi connectivity index (χ0n) is 12.8. The molecule has 1 aromatic heterocycles. The predicted octanol–water partition coefficient (Wildman–Crippen LogP) is 2.85. The first-order valence-corrected chi connectivity index (χ1v) is 8.63. The van der Waals surface area contributed by atoms with Crippen LogP contribution in [-0.4, -0.2) is 27.8 Å². The smallest absolute Gasteiger partial charge is 0.262 e. The molecule has 5 nitrogen and oxygen atoms in total. The van der Waals surface area contributed by atoms with Crippen molar-refractivity contribution in [3.05, 3.63) is 46.2 Å². The normalized spacial score (nSPS) is 10.7. The summed E-state index contributed by atoms with van der Waals surface area (Å²) in [6.07, 6.45) is 2.42. The first-order chi connectivity index (χ1) is 11.1. The van der Waals surface area contributed by atoms with Crippen molar-refractivity contribution in [3.63, 3.8) is 0 Å². The molecule has 7 heteroatoms. The lowest BCUT2D eigenvalue weighted by atomic mass is 10.2. The summed E-state index contributed by atoms with van der Waals surface area (Å²) in [6, 6.07) is 5.03. The molecule has 0 radical (unpaired) electrons. The summed E-state index contributed by atoms with van der Waals surface area (Å²) in [5.41, 5.74) is 0.436. The third-order valence-corrected chi connectivity index (χ3v) is 4.32. The molecule has 1 aromatic carbocycles. The molecule has 2 rings (SSSR count). The minimum absolute atomic E-state index is 0.109. The van der Waals surface area contributed by atoms with E-state index in [1.54, 1.807) is 28.8 Å². The van der Waals surface area contributed by atoms with Gasteiger partial charge in [0, 0.05) is 18.1 Å². The molecule has 0 spiro atoms. The zero-order chi connectivity index (χ0) is 16.8. The summed E-state index contributed by atoms with van der Waals surface area (Å²) in [6.45, 7) is 6.52. The molecule has 0 unspecified atom stereocenters. The first-order valence-electron chi connectivity index (χ1n) is 7.27. The Morgan fingerprint density at radius 3 is 3.00 bits per heavy atom. The molecule has 0 aliphatic rings. The highest BCUT2D eigenvalue weighted by molar-refractivity contribution is 7.99. The number of carbonyl (C=O) groups is 1. The Morgan fingerprint density at radius 2 is 2.30 bits per heavy atom. The highest BCUT2D eigenvalue weighted by atomic mass is 35.5. The quantitative estimate of drug-likeness (QED) is 0.473. The van der Waals surface area contributed by atoms with Crippen LogP contribution < -0.4 is 10.9 Å². The van der Waals surface area contributed by atoms with Gasteiger partial charge in [-0.25, -0.2) is 4.98 Å². The van der Waals surface area contributed by atoms with Crippen LogP contribution in [0, 0.1) is 0 Å². The van der Waals surface area contributed by atoms with Crippen LogP contribution in [0.25, 0.3) is 10.9 Å². The minimum atomic E-state index is -0.126. The summed E-state index contributed by atoms with van der Waals surface area (Å²) in [5, 5.41) is 4.29. The lowest BCUT2D eigenvalue weighted by molar-refractivity contribution is -0.118. The maximum absolute atomic E-state index is 12.6. The van der Waals surface area contributed by atoms with Crippen molar-refractivity contribution in [2.24, 2.45) is 0 Å². The van der Waals surface area contributed by atoms with Gasteiger partial charge in [-0.05, 0) is 24.6 Å². The van der Waals surface area contributed by atoms with Gasteiger partial charge in [0.2, 0.25) is 5.91 Å². The molecule has 23 heavy (non-hydrogen) atoms. The third-order valence-electron chi connectivity index (χ3n) is 3.11. The van der Waals surface area contributed by atoms with Crippen LogP contribution >= 0.6 is 23.4 Å². The number of rotatable bonds is 7. The lowest BCUT2D eigenvalue weighted by Gasteiger charge is -2.12. The van der Waals surface area contributed by atoms with E-state index in [1.807, 2.05) is 6.92 Å². The van der Waals surface area contributed by atoms with Gasteiger partial charge in [-0.15, -0.1) is 6.58 Å². The van der Waals surface area contributed by atoms with E-state index in [-0.39, 0.29) is 17.2 Å². The molecule has 1 amide bonds. The SMILES string of the molecule is C=CCNC(=O)CSc1nc2cc(Cl)ccc2c(=O)n1CCC. The summed E-state index contributed by atoms with van der Waals surface area (Å²) < 4.78 is 1.61. The number of nitrogens with one attached hydrogen (secondary N) is 1. The van der Waals surface area contributed by atoms with Crippen LogP contribution in [0.2, 0.25) is 5.02 Å². The number of benzene rings is 1. The fraction of sp³-hybridized carbons (Fsp3) is 0.312. The van der Waals surface area contributed by atoms with Gasteiger partial charge < -0.3 is 5.32 Å². The Morgan fingerprint density at radius 1 is 1.52 bits per heavy atom. The lowest BCUT2D eigenvalue weighted by Crippen LogP contribution is -2.27. The van der Waals surface area contributed by atoms with Gasteiger partial charge in [0.15, 0.2) is 5.16 Å². The van der Waals surface area contributed by atoms with Gasteiger partial charge in [-0.2, -0.15) is 0 Å². The monoisotopic (exact) mass is 351 g/mol. The molecule has 1 N–H and O–H groups in total. The van der Waals surface area contributed by atoms with Gasteiger partial charge in [-0.3, -0.25) is 14.2 Å². The zero-order valence-corrected chi connectivity index (χ0v) is 14.4. The number of carbonyl (C=O) groups excluding carboxylic acids is 1. The molecule has 2 aromatic rings. The van der Waals surface area contributed by atoms with Crippen molar-refractivity contribution in [1.82, 2.24) is 14.9 Å². The molecule has 0 aliphatic carbocycles. The fourth-order valence-electron chi connectivity index (χ4n) is 2.07. The minimum Gasteiger partial charge on any atom is -0.352 e. The van der Waals surface area contributed by atoms with E-state index in [1.165, 1.54) is 11.8 Å². The molecular weight excluding hydrogens is 334 g/mol. The summed E-state index contributed by atoms with van der Waals surface area (Å²) in [5.74, 6) is 0.0641. The van der Waals surface area contributed by atoms with E-state index in [2.05, 4.69) is 16.9 Å². The second-order valence-corrected chi connectivity index (χ2v) is 6.27. The summed E-state index contributed by atoms with van der Waals surface area (Å²) in [4.78, 5) is 28.9. The van der Waals surface area contributed by atoms with Gasteiger partial charge in [-0.1, -0.05) is 36.4 Å².